The van der Waals surface area contributed by atoms with Gasteiger partial charge in [0.25, 0.3) is 5.91 Å². The van der Waals surface area contributed by atoms with Crippen LogP contribution in [0.5, 0.6) is 5.75 Å². The molecule has 2 aliphatic rings. The Morgan fingerprint density at radius 2 is 1.85 bits per heavy atom. The van der Waals surface area contributed by atoms with Crippen molar-refractivity contribution in [2.45, 2.75) is 45.1 Å². The summed E-state index contributed by atoms with van der Waals surface area (Å²) in [4.78, 5) is 15.0. The molecule has 0 aromatic heterocycles. The van der Waals surface area contributed by atoms with Gasteiger partial charge in [0.1, 0.15) is 18.0 Å². The Kier molecular flexibility index (Phi) is 6.20. The highest BCUT2D eigenvalue weighted by Crippen LogP contribution is 2.42. The van der Waals surface area contributed by atoms with E-state index in [0.717, 1.165) is 36.7 Å². The second-order valence-electron chi connectivity index (χ2n) is 7.94. The molecule has 1 aromatic carbocycles. The molecular formula is C21H32N2O3. The number of ether oxygens (including phenoxy) is 2. The molecule has 144 valence electrons. The average molecular weight is 360 g/mol. The Balaban J connectivity index is 1.44. The van der Waals surface area contributed by atoms with Gasteiger partial charge in [-0.25, -0.2) is 0 Å². The van der Waals surface area contributed by atoms with E-state index in [4.69, 9.17) is 9.47 Å². The van der Waals surface area contributed by atoms with E-state index in [0.29, 0.717) is 12.5 Å². The van der Waals surface area contributed by atoms with Crippen molar-refractivity contribution in [1.82, 2.24) is 4.90 Å². The predicted molar refractivity (Wildman–Crippen MR) is 104 cm³/mol. The number of anilines is 1. The third-order valence-electron chi connectivity index (χ3n) is 5.90. The topological polar surface area (TPSA) is 50.8 Å². The number of hydrogen-bond acceptors (Lipinski definition) is 4. The third-order valence-corrected chi connectivity index (χ3v) is 5.90. The number of nitrogens with zero attached hydrogens (tertiary/aromatic N) is 1. The zero-order chi connectivity index (χ0) is 18.6. The van der Waals surface area contributed by atoms with Crippen molar-refractivity contribution in [3.8, 4) is 5.75 Å². The Morgan fingerprint density at radius 3 is 2.42 bits per heavy atom. The number of hydrogen-bond donors (Lipinski definition) is 1. The van der Waals surface area contributed by atoms with E-state index in [-0.39, 0.29) is 5.91 Å². The van der Waals surface area contributed by atoms with Gasteiger partial charge in [0.2, 0.25) is 0 Å². The molecule has 1 N–H and O–H groups in total. The lowest BCUT2D eigenvalue weighted by Gasteiger charge is -2.29. The number of methoxy groups -OCH3 is 1. The van der Waals surface area contributed by atoms with Crippen LogP contribution in [0.4, 0.5) is 5.69 Å². The van der Waals surface area contributed by atoms with Crippen molar-refractivity contribution < 1.29 is 14.3 Å². The fraction of sp³-hybridized carbons (Fsp3) is 0.667. The fourth-order valence-electron chi connectivity index (χ4n) is 3.55. The molecule has 5 nitrogen and oxygen atoms in total. The average Bonchev–Trinajstić information content (AvgIpc) is 3.49. The zero-order valence-electron chi connectivity index (χ0n) is 16.3. The largest absolute Gasteiger partial charge is 0.492 e. The quantitative estimate of drug-likeness (QED) is 0.770. The molecule has 0 radical (unpaired) electrons. The standard InChI is InChI=1S/C21H32N2O3/c1-16-10-12-23(13-11-16)14-15-26-19-8-6-18(7-9-19)22-20(24)21(2,25-3)17-4-5-17/h6-9,16-17H,4-5,10-15H2,1-3H3,(H,22,24). The highest BCUT2D eigenvalue weighted by atomic mass is 16.5. The van der Waals surface area contributed by atoms with Crippen molar-refractivity contribution in [1.29, 1.82) is 0 Å². The van der Waals surface area contributed by atoms with Crippen molar-refractivity contribution in [2.75, 3.05) is 38.7 Å². The van der Waals surface area contributed by atoms with Gasteiger partial charge in [0.05, 0.1) is 0 Å². The van der Waals surface area contributed by atoms with Crippen LogP contribution in [0.3, 0.4) is 0 Å². The van der Waals surface area contributed by atoms with Crippen LogP contribution >= 0.6 is 0 Å². The van der Waals surface area contributed by atoms with Gasteiger partial charge in [-0.05, 0) is 81.8 Å². The Hall–Kier alpha value is -1.59. The molecule has 3 rings (SSSR count). The number of rotatable bonds is 8. The minimum absolute atomic E-state index is 0.0736. The maximum absolute atomic E-state index is 12.5. The zero-order valence-corrected chi connectivity index (χ0v) is 16.3. The molecule has 0 bridgehead atoms. The van der Waals surface area contributed by atoms with Gasteiger partial charge in [-0.3, -0.25) is 9.69 Å². The minimum Gasteiger partial charge on any atom is -0.492 e. The third kappa shape index (κ3) is 4.77. The number of likely N-dealkylation sites (tertiary alicyclic amines) is 1. The van der Waals surface area contributed by atoms with Crippen LogP contribution in [0.2, 0.25) is 0 Å². The number of carbonyl (C=O) groups excluding carboxylic acids is 1. The molecule has 2 fully saturated rings. The van der Waals surface area contributed by atoms with Crippen LogP contribution in [0, 0.1) is 11.8 Å². The monoisotopic (exact) mass is 360 g/mol. The van der Waals surface area contributed by atoms with Crippen LogP contribution in [0.25, 0.3) is 0 Å². The van der Waals surface area contributed by atoms with Gasteiger partial charge in [-0.1, -0.05) is 6.92 Å². The smallest absolute Gasteiger partial charge is 0.256 e. The molecule has 1 saturated carbocycles. The molecule has 5 heteroatoms. The maximum atomic E-state index is 12.5. The molecule has 26 heavy (non-hydrogen) atoms. The van der Waals surface area contributed by atoms with Gasteiger partial charge in [-0.2, -0.15) is 0 Å². The van der Waals surface area contributed by atoms with Crippen LogP contribution in [0.15, 0.2) is 24.3 Å². The summed E-state index contributed by atoms with van der Waals surface area (Å²) in [5.41, 5.74) is 0.0393. The first-order chi connectivity index (χ1) is 12.5. The summed E-state index contributed by atoms with van der Waals surface area (Å²) >= 11 is 0. The predicted octanol–water partition coefficient (Wildman–Crippen LogP) is 3.55. The van der Waals surface area contributed by atoms with E-state index in [1.165, 1.54) is 25.9 Å². The number of amides is 1. The number of benzene rings is 1. The summed E-state index contributed by atoms with van der Waals surface area (Å²) in [5.74, 6) is 1.95. The highest BCUT2D eigenvalue weighted by Gasteiger charge is 2.47. The van der Waals surface area contributed by atoms with Crippen LogP contribution < -0.4 is 10.1 Å². The van der Waals surface area contributed by atoms with Crippen molar-refractivity contribution in [2.24, 2.45) is 11.8 Å². The number of piperidine rings is 1. The lowest BCUT2D eigenvalue weighted by Crippen LogP contribution is -2.44. The Bertz CT molecular complexity index is 592. The molecular weight excluding hydrogens is 328 g/mol. The van der Waals surface area contributed by atoms with Crippen molar-refractivity contribution in [3.05, 3.63) is 24.3 Å². The van der Waals surface area contributed by atoms with Crippen molar-refractivity contribution in [3.63, 3.8) is 0 Å². The fourth-order valence-corrected chi connectivity index (χ4v) is 3.55. The molecule has 0 spiro atoms. The van der Waals surface area contributed by atoms with Gasteiger partial charge >= 0.3 is 0 Å². The SMILES string of the molecule is COC(C)(C(=O)Nc1ccc(OCCN2CCC(C)CC2)cc1)C1CC1. The van der Waals surface area contributed by atoms with Gasteiger partial charge in [0, 0.05) is 19.3 Å². The number of nitrogens with one attached hydrogen (secondary N) is 1. The molecule has 1 saturated heterocycles. The molecule has 1 aromatic rings. The van der Waals surface area contributed by atoms with E-state index in [2.05, 4.69) is 17.1 Å². The van der Waals surface area contributed by atoms with Crippen LogP contribution in [-0.4, -0.2) is 49.8 Å². The first-order valence-electron chi connectivity index (χ1n) is 9.83. The Morgan fingerprint density at radius 1 is 1.19 bits per heavy atom. The van der Waals surface area contributed by atoms with Gasteiger partial charge in [-0.15, -0.1) is 0 Å². The Labute approximate surface area is 157 Å². The van der Waals surface area contributed by atoms with Crippen LogP contribution in [0.1, 0.15) is 39.5 Å². The molecule has 1 unspecified atom stereocenters. The summed E-state index contributed by atoms with van der Waals surface area (Å²) in [6.45, 7) is 8.22. The normalized spacial score (nSPS) is 21.2. The highest BCUT2D eigenvalue weighted by molar-refractivity contribution is 5.97. The van der Waals surface area contributed by atoms with Crippen molar-refractivity contribution >= 4 is 11.6 Å². The van der Waals surface area contributed by atoms with E-state index in [9.17, 15) is 4.79 Å². The summed E-state index contributed by atoms with van der Waals surface area (Å²) in [6, 6.07) is 7.60. The summed E-state index contributed by atoms with van der Waals surface area (Å²) in [5, 5.41) is 2.97. The lowest BCUT2D eigenvalue weighted by atomic mass is 9.99. The molecule has 1 amide bonds. The second-order valence-corrected chi connectivity index (χ2v) is 7.94. The van der Waals surface area contributed by atoms with E-state index in [1.54, 1.807) is 7.11 Å². The second kappa shape index (κ2) is 8.40. The molecule has 1 aliphatic heterocycles. The van der Waals surface area contributed by atoms with E-state index >= 15 is 0 Å². The minimum atomic E-state index is -0.735. The molecule has 1 atom stereocenters. The van der Waals surface area contributed by atoms with Crippen LogP contribution in [-0.2, 0) is 9.53 Å². The maximum Gasteiger partial charge on any atom is 0.256 e. The molecule has 1 heterocycles. The van der Waals surface area contributed by atoms with E-state index in [1.807, 2.05) is 31.2 Å². The first-order valence-corrected chi connectivity index (χ1v) is 9.83. The first kappa shape index (κ1) is 19.2. The van der Waals surface area contributed by atoms with Gasteiger partial charge in [0.15, 0.2) is 0 Å². The summed E-state index contributed by atoms with van der Waals surface area (Å²) in [6.07, 6.45) is 4.69. The number of carbonyl (C=O) groups is 1. The summed E-state index contributed by atoms with van der Waals surface area (Å²) in [7, 11) is 1.61. The summed E-state index contributed by atoms with van der Waals surface area (Å²) < 4.78 is 11.3. The van der Waals surface area contributed by atoms with Gasteiger partial charge < -0.3 is 14.8 Å². The molecule has 1 aliphatic carbocycles. The van der Waals surface area contributed by atoms with E-state index < -0.39 is 5.60 Å². The lowest BCUT2D eigenvalue weighted by molar-refractivity contribution is -0.138.